The summed E-state index contributed by atoms with van der Waals surface area (Å²) in [6.07, 6.45) is -0.415. The van der Waals surface area contributed by atoms with E-state index >= 15 is 0 Å². The van der Waals surface area contributed by atoms with Crippen LogP contribution in [0.2, 0.25) is 5.02 Å². The maximum Gasteiger partial charge on any atom is 0.253 e. The van der Waals surface area contributed by atoms with Gasteiger partial charge in [-0.05, 0) is 48.4 Å². The molecular formula is C24H23ClN2O5S2. The molecule has 1 aromatic heterocycles. The standard InChI is InChI=1S/C24H23ClN2O5S2/c25-19-8-6-17(7-9-19)20-10-11-21(33-20)24(16-22(28)26-30)12-13-27(14-15-34(24,31)32)23(29)18-4-2-1-3-5-18/h1-11,30H,12-16H2,(H,26,28). The van der Waals surface area contributed by atoms with E-state index in [2.05, 4.69) is 0 Å². The zero-order chi connectivity index (χ0) is 24.3. The second kappa shape index (κ2) is 9.87. The molecule has 2 amide bonds. The number of thiophene rings is 1. The number of halogens is 1. The van der Waals surface area contributed by atoms with Crippen LogP contribution >= 0.6 is 22.9 Å². The zero-order valence-electron chi connectivity index (χ0n) is 18.1. The summed E-state index contributed by atoms with van der Waals surface area (Å²) >= 11 is 7.26. The molecule has 0 radical (unpaired) electrons. The van der Waals surface area contributed by atoms with Crippen molar-refractivity contribution in [2.24, 2.45) is 0 Å². The molecule has 0 bridgehead atoms. The van der Waals surface area contributed by atoms with E-state index in [4.69, 9.17) is 11.6 Å². The van der Waals surface area contributed by atoms with E-state index in [1.165, 1.54) is 16.2 Å². The molecule has 2 heterocycles. The number of amides is 2. The highest BCUT2D eigenvalue weighted by molar-refractivity contribution is 7.92. The molecule has 0 aliphatic carbocycles. The fourth-order valence-electron chi connectivity index (χ4n) is 4.19. The fourth-order valence-corrected chi connectivity index (χ4v) is 7.92. The Balaban J connectivity index is 1.72. The van der Waals surface area contributed by atoms with Crippen molar-refractivity contribution < 1.29 is 23.2 Å². The minimum atomic E-state index is -3.88. The number of hydroxylamine groups is 1. The molecule has 1 saturated heterocycles. The predicted octanol–water partition coefficient (Wildman–Crippen LogP) is 4.12. The molecular weight excluding hydrogens is 496 g/mol. The van der Waals surface area contributed by atoms with Gasteiger partial charge in [-0.2, -0.15) is 0 Å². The van der Waals surface area contributed by atoms with E-state index in [1.807, 2.05) is 18.2 Å². The quantitative estimate of drug-likeness (QED) is 0.390. The fraction of sp³-hybridized carbons (Fsp3) is 0.250. The average Bonchev–Trinajstić information content (AvgIpc) is 3.29. The third-order valence-electron chi connectivity index (χ3n) is 6.07. The number of hydrogen-bond acceptors (Lipinski definition) is 6. The van der Waals surface area contributed by atoms with Crippen molar-refractivity contribution >= 4 is 44.6 Å². The molecule has 1 aliphatic heterocycles. The summed E-state index contributed by atoms with van der Waals surface area (Å²) in [7, 11) is -3.88. The molecule has 1 aliphatic rings. The molecule has 7 nitrogen and oxygen atoms in total. The van der Waals surface area contributed by atoms with Crippen molar-refractivity contribution in [3.8, 4) is 10.4 Å². The van der Waals surface area contributed by atoms with Crippen molar-refractivity contribution in [1.29, 1.82) is 0 Å². The minimum absolute atomic E-state index is 0.0218. The maximum absolute atomic E-state index is 13.7. The van der Waals surface area contributed by atoms with E-state index in [0.717, 1.165) is 10.4 Å². The van der Waals surface area contributed by atoms with Gasteiger partial charge in [-0.15, -0.1) is 11.3 Å². The summed E-state index contributed by atoms with van der Waals surface area (Å²) in [6, 6.07) is 19.4. The van der Waals surface area contributed by atoms with Gasteiger partial charge >= 0.3 is 0 Å². The lowest BCUT2D eigenvalue weighted by molar-refractivity contribution is -0.129. The van der Waals surface area contributed by atoms with Crippen molar-refractivity contribution in [3.63, 3.8) is 0 Å². The second-order valence-corrected chi connectivity index (χ2v) is 12.0. The van der Waals surface area contributed by atoms with Crippen LogP contribution in [0.3, 0.4) is 0 Å². The van der Waals surface area contributed by atoms with Crippen LogP contribution in [0.4, 0.5) is 0 Å². The van der Waals surface area contributed by atoms with Crippen LogP contribution in [0.25, 0.3) is 10.4 Å². The van der Waals surface area contributed by atoms with Gasteiger partial charge in [0.2, 0.25) is 5.91 Å². The summed E-state index contributed by atoms with van der Waals surface area (Å²) in [6.45, 7) is 0.174. The van der Waals surface area contributed by atoms with Gasteiger partial charge in [0.05, 0.1) is 12.2 Å². The van der Waals surface area contributed by atoms with Gasteiger partial charge in [-0.1, -0.05) is 41.9 Å². The number of carbonyl (C=O) groups is 2. The molecule has 1 atom stereocenters. The molecule has 1 unspecified atom stereocenters. The summed E-state index contributed by atoms with van der Waals surface area (Å²) in [4.78, 5) is 28.1. The van der Waals surface area contributed by atoms with Crippen molar-refractivity contribution in [2.75, 3.05) is 18.8 Å². The number of hydrogen-bond donors (Lipinski definition) is 2. The number of rotatable bonds is 5. The van der Waals surface area contributed by atoms with Crippen LogP contribution in [0, 0.1) is 0 Å². The Morgan fingerprint density at radius 2 is 1.74 bits per heavy atom. The highest BCUT2D eigenvalue weighted by Crippen LogP contribution is 2.45. The van der Waals surface area contributed by atoms with Crippen LogP contribution in [-0.2, 0) is 19.4 Å². The first kappa shape index (κ1) is 24.4. The summed E-state index contributed by atoms with van der Waals surface area (Å²) in [5.41, 5.74) is 2.92. The number of carbonyl (C=O) groups excluding carboxylic acids is 2. The lowest BCUT2D eigenvalue weighted by Crippen LogP contribution is -2.41. The minimum Gasteiger partial charge on any atom is -0.338 e. The van der Waals surface area contributed by atoms with E-state index in [1.54, 1.807) is 54.0 Å². The lowest BCUT2D eigenvalue weighted by Gasteiger charge is -2.30. The Bertz CT molecular complexity index is 1290. The van der Waals surface area contributed by atoms with Crippen LogP contribution in [0.15, 0.2) is 66.7 Å². The molecule has 2 aromatic carbocycles. The predicted molar refractivity (Wildman–Crippen MR) is 132 cm³/mol. The third-order valence-corrected chi connectivity index (χ3v) is 10.3. The molecule has 0 saturated carbocycles. The highest BCUT2D eigenvalue weighted by Gasteiger charge is 2.49. The number of nitrogens with one attached hydrogen (secondary N) is 1. The molecule has 10 heteroatoms. The number of sulfone groups is 1. The lowest BCUT2D eigenvalue weighted by atomic mass is 9.97. The van der Waals surface area contributed by atoms with Crippen molar-refractivity contribution in [1.82, 2.24) is 10.4 Å². The van der Waals surface area contributed by atoms with Crippen LogP contribution in [0.5, 0.6) is 0 Å². The first-order valence-corrected chi connectivity index (χ1v) is 13.5. The van der Waals surface area contributed by atoms with Gasteiger partial charge in [0, 0.05) is 33.4 Å². The first-order valence-electron chi connectivity index (χ1n) is 10.6. The Kier molecular flexibility index (Phi) is 7.09. The van der Waals surface area contributed by atoms with Gasteiger partial charge in [-0.25, -0.2) is 13.9 Å². The van der Waals surface area contributed by atoms with Gasteiger partial charge < -0.3 is 4.90 Å². The Labute approximate surface area is 206 Å². The first-order chi connectivity index (χ1) is 16.3. The molecule has 0 spiro atoms. The van der Waals surface area contributed by atoms with E-state index in [9.17, 15) is 23.2 Å². The third kappa shape index (κ3) is 4.74. The summed E-state index contributed by atoms with van der Waals surface area (Å²) in [5, 5.41) is 9.79. The molecule has 2 N–H and O–H groups in total. The number of nitrogens with zero attached hydrogens (tertiary/aromatic N) is 1. The molecule has 178 valence electrons. The highest BCUT2D eigenvalue weighted by atomic mass is 35.5. The Morgan fingerprint density at radius 3 is 2.41 bits per heavy atom. The molecule has 34 heavy (non-hydrogen) atoms. The Morgan fingerprint density at radius 1 is 1.03 bits per heavy atom. The van der Waals surface area contributed by atoms with Gasteiger partial charge in [0.15, 0.2) is 9.84 Å². The smallest absolute Gasteiger partial charge is 0.253 e. The SMILES string of the molecule is O=C(CC1(c2ccc(-c3ccc(Cl)cc3)s2)CCN(C(=O)c2ccccc2)CCS1(=O)=O)NO. The van der Waals surface area contributed by atoms with Crippen molar-refractivity contribution in [3.05, 3.63) is 82.2 Å². The molecule has 1 fully saturated rings. The second-order valence-electron chi connectivity index (χ2n) is 8.10. The van der Waals surface area contributed by atoms with E-state index in [0.29, 0.717) is 15.5 Å². The van der Waals surface area contributed by atoms with E-state index < -0.39 is 26.9 Å². The van der Waals surface area contributed by atoms with Gasteiger partial charge in [-0.3, -0.25) is 14.8 Å². The average molecular weight is 519 g/mol. The zero-order valence-corrected chi connectivity index (χ0v) is 20.5. The molecule has 3 aromatic rings. The van der Waals surface area contributed by atoms with Crippen LogP contribution < -0.4 is 5.48 Å². The molecule has 4 rings (SSSR count). The summed E-state index contributed by atoms with van der Waals surface area (Å²) < 4.78 is 25.8. The Hall–Kier alpha value is -2.72. The van der Waals surface area contributed by atoms with Gasteiger partial charge in [0.25, 0.3) is 5.91 Å². The topological polar surface area (TPSA) is 104 Å². The maximum atomic E-state index is 13.7. The van der Waals surface area contributed by atoms with Crippen molar-refractivity contribution in [2.45, 2.75) is 17.6 Å². The van der Waals surface area contributed by atoms with Gasteiger partial charge in [0.1, 0.15) is 4.75 Å². The monoisotopic (exact) mass is 518 g/mol. The van der Waals surface area contributed by atoms with Crippen LogP contribution in [-0.4, -0.2) is 49.2 Å². The normalized spacial score (nSPS) is 19.9. The van der Waals surface area contributed by atoms with Crippen LogP contribution in [0.1, 0.15) is 28.1 Å². The van der Waals surface area contributed by atoms with E-state index in [-0.39, 0.29) is 31.2 Å². The summed E-state index contributed by atoms with van der Waals surface area (Å²) in [5.74, 6) is -1.35. The largest absolute Gasteiger partial charge is 0.338 e. The number of benzene rings is 2.